The molecular formula is C82H110Cl10K2N25O17P. The van der Waals surface area contributed by atoms with Gasteiger partial charge in [0.1, 0.15) is 89.3 Å². The van der Waals surface area contributed by atoms with E-state index in [2.05, 4.69) is 186 Å². The van der Waals surface area contributed by atoms with Crippen LogP contribution in [0.25, 0.3) is 0 Å². The summed E-state index contributed by atoms with van der Waals surface area (Å²) in [4.78, 5) is 114. The average Bonchev–Trinajstić information content (AvgIpc) is 1.66. The number of carbonyl (C=O) groups is 5. The number of hydrogen-bond acceptors (Lipinski definition) is 39. The Kier molecular flexibility index (Phi) is 74.8. The molecule has 0 saturated carbocycles. The van der Waals surface area contributed by atoms with Gasteiger partial charge in [0, 0.05) is 99.4 Å². The molecule has 0 fully saturated rings. The number of benzene rings is 3. The molecular weight excluding hydrogens is 2070 g/mol. The van der Waals surface area contributed by atoms with Crippen LogP contribution in [-0.4, -0.2) is 171 Å². The van der Waals surface area contributed by atoms with Crippen molar-refractivity contribution >= 4 is 210 Å². The number of ketones is 1. The summed E-state index contributed by atoms with van der Waals surface area (Å²) >= 11 is 55.1. The molecule has 1 atom stereocenters. The third-order valence-electron chi connectivity index (χ3n) is 16.5. The van der Waals surface area contributed by atoms with Crippen LogP contribution in [-0.2, 0) is 108 Å². The van der Waals surface area contributed by atoms with Crippen molar-refractivity contribution in [2.45, 2.75) is 125 Å². The van der Waals surface area contributed by atoms with Crippen LogP contribution in [0.3, 0.4) is 0 Å². The Bertz CT molecular complexity index is 5130. The van der Waals surface area contributed by atoms with Crippen molar-refractivity contribution < 1.29 is 183 Å². The van der Waals surface area contributed by atoms with Gasteiger partial charge in [-0.2, -0.15) is 19.9 Å². The number of anilines is 9. The van der Waals surface area contributed by atoms with E-state index in [9.17, 15) is 28.5 Å². The Balaban J connectivity index is -0.000000729. The summed E-state index contributed by atoms with van der Waals surface area (Å²) in [5, 5.41) is 56.9. The number of nitrogens with two attached hydrogens (primary N) is 7. The topological polar surface area (TPSA) is 676 Å². The Morgan fingerprint density at radius 2 is 0.985 bits per heavy atom. The number of halogens is 10. The van der Waals surface area contributed by atoms with Crippen molar-refractivity contribution in [2.75, 3.05) is 102 Å². The summed E-state index contributed by atoms with van der Waals surface area (Å²) in [5.41, 5.74) is 44.0. The standard InChI is InChI=1S/C17H21ClN4O.C14H15ClN4O.C9H13ClN4.C9H14O3.C8H11NO.C7H7Cl2N3.C7H9N3O2.C6H5Cl2N3O.C3H6O.CH5N3.CH2O3.Cl3OP.2K.H2O3.H/c1-3-9-19-17-20-15(18)14-8-10-22(16(14)21-17)11-12-4-6-13(23-2)7-5-12;15-12-11-5-6-19(13(11)18-14(16)17-12)7-9-1-3-10(8-20)4-2-9;1-2-4-12-9-13-7(10)6-3-5-11-8(6)14-9;1-4-6-8(7(3)10)9(11)12-5-2;1-10-8-4-2-7(6-9)3-5-8;1-2-3-4-5(8)11-7(10)12-6(4)9;1-2-3-4-5(11)9-7(8)10-6(4)12;7-4-3(1-2-12)5(8)11-6(9)10-4;1-2-3-4;2-1(3)4;2-1-4-3;1-5(2,3)4;;;1-3-2;/h4-7H,3,8-11H2,1-2H3,(H,19,20,21);1-4,20H,5-8H2,(H2,16,17,18);2-5H2,1H3,(H2,11,12,13,14);4,8H,1,5-6H2,2-3H3;2-5H,6,9H2,1H3;2H,1,3H2,(H2,10,11,12);2H,1,3H2,(H4,8,9,10,11,12);2H,1H2,(H2,9,10,11);3H,2H2,1H3;(H5,2,3,4);1,3H;;;;1-2H;/q;;;;;;;;;;;;2*+1;;-1/p-1. The Hall–Kier alpha value is -7.86. The first kappa shape index (κ1) is 133. The molecule has 137 heavy (non-hydrogen) atoms. The molecule has 9 heterocycles. The van der Waals surface area contributed by atoms with Crippen LogP contribution in [0.2, 0.25) is 36.1 Å². The van der Waals surface area contributed by atoms with Gasteiger partial charge < -0.3 is 111 Å². The number of guanidine groups is 1. The zero-order valence-electron chi connectivity index (χ0n) is 77.4. The second-order valence-electron chi connectivity index (χ2n) is 26.3. The van der Waals surface area contributed by atoms with Crippen LogP contribution in [0, 0.1) is 11.3 Å². The monoisotopic (exact) mass is 2180 g/mol. The van der Waals surface area contributed by atoms with Gasteiger partial charge in [-0.15, -0.1) is 19.7 Å². The van der Waals surface area contributed by atoms with E-state index < -0.39 is 22.6 Å². The molecule has 12 rings (SSSR count). The van der Waals surface area contributed by atoms with Crippen LogP contribution in [0.1, 0.15) is 117 Å². The van der Waals surface area contributed by atoms with E-state index in [-0.39, 0.29) is 198 Å². The number of nitrogen functional groups attached to an aromatic ring is 4. The number of aliphatic hydroxyl groups excluding tert-OH is 1. The summed E-state index contributed by atoms with van der Waals surface area (Å²) in [7, 11) is 3.33. The molecule has 9 aromatic rings. The van der Waals surface area contributed by atoms with Crippen LogP contribution in [0.5, 0.6) is 17.4 Å². The minimum Gasteiger partial charge on any atom is -1.00 e. The number of nitrogens with zero attached hydrogens (tertiary/aromatic N) is 13. The molecule has 55 heteroatoms. The van der Waals surface area contributed by atoms with Crippen LogP contribution in [0.15, 0.2) is 116 Å². The SMILES string of the molecule is C=CCC(C(C)=O)C(=O)OCC.C=CCc1c(Cl)nc(N)nc1Cl.C=CCc1c(O)nc(N)[nH]c1=O.CCC=O.CCCNc1nc(Cl)c2c(n1)N(Cc1ccc(OC)cc1)CC2.CCCNc1nc(Cl)c2c(n1)NCC2.COc1ccc(CN)cc1.N=C(N)N.Nc1nc(Cl)c(CC=O)c(Cl)n1.Nc1nc(Cl)c2c(n1)N(Cc1ccc(CO)cc1)CC2.O=CO[O-].O=P(Cl)(Cl)Cl.OOO.[H-].[K+].[K+]. The number of aldehydes is 2. The first-order valence-electron chi connectivity index (χ1n) is 39.8. The number of H-pyrrole nitrogens is 1. The number of esters is 1. The normalized spacial score (nSPS) is 10.9. The molecule has 0 aliphatic carbocycles. The largest absolute Gasteiger partial charge is 1.00 e. The molecule has 3 aromatic carbocycles. The molecule has 6 aromatic heterocycles. The third kappa shape index (κ3) is 55.8. The Morgan fingerprint density at radius 1 is 0.606 bits per heavy atom. The van der Waals surface area contributed by atoms with Crippen LogP contribution in [0.4, 0.5) is 53.1 Å². The maximum Gasteiger partial charge on any atom is 1.00 e. The number of Topliss-reactive ketones (excluding diaryl/α,β-unsaturated/α-hetero) is 1. The molecule has 742 valence electrons. The van der Waals surface area contributed by atoms with Crippen molar-refractivity contribution in [3.05, 3.63) is 213 Å². The second kappa shape index (κ2) is 76.9. The quantitative estimate of drug-likeness (QED) is 0.00203. The Labute approximate surface area is 928 Å². The number of fused-ring (bicyclic) bond motifs is 3. The number of ether oxygens (including phenoxy) is 3. The van der Waals surface area contributed by atoms with Gasteiger partial charge in [0.15, 0.2) is 5.96 Å². The van der Waals surface area contributed by atoms with Gasteiger partial charge in [0.05, 0.1) is 33.0 Å². The van der Waals surface area contributed by atoms with Gasteiger partial charge in [0.2, 0.25) is 41.6 Å². The van der Waals surface area contributed by atoms with E-state index in [4.69, 9.17) is 160 Å². The van der Waals surface area contributed by atoms with Gasteiger partial charge in [-0.05, 0) is 139 Å². The molecule has 0 radical (unpaired) electrons. The van der Waals surface area contributed by atoms with E-state index in [1.807, 2.05) is 67.6 Å². The van der Waals surface area contributed by atoms with Crippen molar-refractivity contribution in [1.29, 1.82) is 5.41 Å². The van der Waals surface area contributed by atoms with Gasteiger partial charge in [0.25, 0.3) is 12.0 Å². The number of allylic oxidation sites excluding steroid dienone is 3. The summed E-state index contributed by atoms with van der Waals surface area (Å²) in [6.07, 6.45) is 12.9. The number of aliphatic hydroxyl groups is 1. The molecule has 3 aliphatic heterocycles. The molecule has 0 spiro atoms. The van der Waals surface area contributed by atoms with Gasteiger partial charge >= 0.3 is 114 Å². The molecule has 23 N–H and O–H groups in total. The number of aromatic hydroxyl groups is 1. The summed E-state index contributed by atoms with van der Waals surface area (Å²) in [6, 6.07) is 23.7. The van der Waals surface area contributed by atoms with Crippen LogP contribution >= 0.6 is 120 Å². The molecule has 0 saturated heterocycles. The zero-order chi connectivity index (χ0) is 102. The number of aromatic nitrogens is 12. The average molecular weight is 2180 g/mol. The summed E-state index contributed by atoms with van der Waals surface area (Å²) in [5.74, 6) is 3.85. The third-order valence-corrected chi connectivity index (χ3v) is 18.6. The van der Waals surface area contributed by atoms with E-state index in [1.54, 1.807) is 33.3 Å². The van der Waals surface area contributed by atoms with Crippen molar-refractivity contribution in [2.24, 2.45) is 23.1 Å². The predicted molar refractivity (Wildman–Crippen MR) is 530 cm³/mol. The van der Waals surface area contributed by atoms with Crippen molar-refractivity contribution in [3.63, 3.8) is 0 Å². The first-order valence-corrected chi connectivity index (χ1v) is 46.8. The summed E-state index contributed by atoms with van der Waals surface area (Å²) in [6.45, 7) is 26.3. The van der Waals surface area contributed by atoms with Crippen molar-refractivity contribution in [3.8, 4) is 17.4 Å². The Morgan fingerprint density at radius 3 is 1.36 bits per heavy atom. The maximum atomic E-state index is 11.1. The minimum absolute atomic E-state index is 0. The zero-order valence-corrected chi connectivity index (χ0v) is 91.1. The number of aromatic amines is 1. The number of nitrogens with one attached hydrogen (secondary N) is 5. The number of carbonyl (C=O) groups excluding carboxylic acids is 5. The van der Waals surface area contributed by atoms with E-state index in [0.29, 0.717) is 77.2 Å². The van der Waals surface area contributed by atoms with E-state index in [1.165, 1.54) is 18.6 Å². The second-order valence-corrected chi connectivity index (χ2v) is 35.4. The fourth-order valence-electron chi connectivity index (χ4n) is 10.4. The van der Waals surface area contributed by atoms with Gasteiger partial charge in [-0.1, -0.05) is 174 Å². The van der Waals surface area contributed by atoms with Gasteiger partial charge in [-0.25, -0.2) is 45.4 Å². The number of rotatable bonds is 27. The molecule has 1 unspecified atom stereocenters. The molecule has 42 nitrogen and oxygen atoms in total. The van der Waals surface area contributed by atoms with Gasteiger partial charge in [-0.3, -0.25) is 34.1 Å². The first-order chi connectivity index (χ1) is 64.1. The molecule has 0 amide bonds. The number of hydrogen-bond donors (Lipinski definition) is 16. The number of methoxy groups -OCH3 is 2. The fourth-order valence-corrected chi connectivity index (χ4v) is 12.3. The predicted octanol–water partition coefficient (Wildman–Crippen LogP) is 7.43. The smallest absolute Gasteiger partial charge is 1.00 e. The minimum atomic E-state index is -3.22. The molecule has 3 aliphatic rings. The van der Waals surface area contributed by atoms with E-state index >= 15 is 0 Å². The van der Waals surface area contributed by atoms with E-state index in [0.717, 1.165) is 147 Å². The van der Waals surface area contributed by atoms with Crippen molar-refractivity contribution in [1.82, 2.24) is 59.8 Å². The van der Waals surface area contributed by atoms with Crippen LogP contribution < -0.4 is 189 Å². The molecule has 0 bridgehead atoms. The summed E-state index contributed by atoms with van der Waals surface area (Å²) < 4.78 is 24.4. The maximum absolute atomic E-state index is 11.1. The fraction of sp³-hybridized carbons (Fsp3) is 0.341.